The van der Waals surface area contributed by atoms with E-state index in [9.17, 15) is 9.59 Å². The fraction of sp³-hybridized carbons (Fsp3) is 0.353. The summed E-state index contributed by atoms with van der Waals surface area (Å²) in [6.45, 7) is 3.37. The molecule has 2 fully saturated rings. The van der Waals surface area contributed by atoms with Crippen LogP contribution in [-0.2, 0) is 18.3 Å². The number of urea groups is 1. The van der Waals surface area contributed by atoms with Crippen molar-refractivity contribution in [1.82, 2.24) is 19.7 Å². The standard InChI is InChI=1S/C34H37ClN4O2/c1-37-22-28(30-12-5-6-13-32(30)37)21-31-33(40)39(34(41)36-31)23-27(26-10-7-11-29(35)20-26)16-19-38-17-14-25(15-18-38)24-8-3-2-4-9-24/h2-13,20,22,25,27,31H,14-19,21,23H2,1H3,(H,36,41)/t27?,31-/m1/s1. The maximum absolute atomic E-state index is 13.6. The number of carbonyl (C=O) groups is 2. The van der Waals surface area contributed by atoms with E-state index in [-0.39, 0.29) is 17.9 Å². The Kier molecular flexibility index (Phi) is 8.13. The number of aryl methyl sites for hydroxylation is 1. The van der Waals surface area contributed by atoms with Gasteiger partial charge in [-0.25, -0.2) is 4.79 Å². The Labute approximate surface area is 246 Å². The normalized spacial score (nSPS) is 19.2. The van der Waals surface area contributed by atoms with Gasteiger partial charge in [0.05, 0.1) is 0 Å². The molecule has 212 valence electrons. The molecule has 3 heterocycles. The van der Waals surface area contributed by atoms with Crippen molar-refractivity contribution in [3.63, 3.8) is 0 Å². The Balaban J connectivity index is 1.12. The lowest BCUT2D eigenvalue weighted by atomic mass is 9.89. The molecule has 0 bridgehead atoms. The summed E-state index contributed by atoms with van der Waals surface area (Å²) in [7, 11) is 2.01. The number of imide groups is 1. The van der Waals surface area contributed by atoms with E-state index in [4.69, 9.17) is 11.6 Å². The molecule has 7 heteroatoms. The second-order valence-corrected chi connectivity index (χ2v) is 11.9. The SMILES string of the molecule is Cn1cc(C[C@H]2NC(=O)N(CC(CCN3CCC(c4ccccc4)CC3)c3cccc(Cl)c3)C2=O)c2ccccc21. The minimum Gasteiger partial charge on any atom is -0.350 e. The highest BCUT2D eigenvalue weighted by Crippen LogP contribution is 2.31. The number of amides is 3. The van der Waals surface area contributed by atoms with E-state index in [0.717, 1.165) is 60.9 Å². The van der Waals surface area contributed by atoms with E-state index in [1.807, 2.05) is 37.4 Å². The van der Waals surface area contributed by atoms with Crippen molar-refractivity contribution < 1.29 is 9.59 Å². The summed E-state index contributed by atoms with van der Waals surface area (Å²) in [4.78, 5) is 30.6. The number of hydrogen-bond donors (Lipinski definition) is 1. The predicted octanol–water partition coefficient (Wildman–Crippen LogP) is 6.35. The molecule has 3 amide bonds. The molecule has 0 aliphatic carbocycles. The van der Waals surface area contributed by atoms with Gasteiger partial charge in [-0.3, -0.25) is 9.69 Å². The van der Waals surface area contributed by atoms with Gasteiger partial charge in [0.2, 0.25) is 0 Å². The van der Waals surface area contributed by atoms with Gasteiger partial charge in [0.15, 0.2) is 0 Å². The largest absolute Gasteiger partial charge is 0.350 e. The van der Waals surface area contributed by atoms with Gasteiger partial charge in [-0.2, -0.15) is 0 Å². The lowest BCUT2D eigenvalue weighted by Crippen LogP contribution is -2.38. The van der Waals surface area contributed by atoms with Crippen LogP contribution in [0.4, 0.5) is 4.79 Å². The molecule has 0 radical (unpaired) electrons. The third-order valence-electron chi connectivity index (χ3n) is 8.89. The number of carbonyl (C=O) groups excluding carboxylic acids is 2. The highest BCUT2D eigenvalue weighted by atomic mass is 35.5. The first-order valence-electron chi connectivity index (χ1n) is 14.6. The zero-order chi connectivity index (χ0) is 28.3. The molecule has 1 aromatic heterocycles. The molecule has 2 aliphatic heterocycles. The van der Waals surface area contributed by atoms with Crippen LogP contribution in [0.5, 0.6) is 0 Å². The molecule has 2 saturated heterocycles. The third-order valence-corrected chi connectivity index (χ3v) is 9.12. The zero-order valence-electron chi connectivity index (χ0n) is 23.5. The van der Waals surface area contributed by atoms with Crippen molar-refractivity contribution in [2.45, 2.75) is 43.6 Å². The van der Waals surface area contributed by atoms with Gasteiger partial charge in [0, 0.05) is 48.1 Å². The van der Waals surface area contributed by atoms with Gasteiger partial charge in [-0.05, 0) is 79.7 Å². The number of piperidine rings is 1. The third kappa shape index (κ3) is 6.04. The van der Waals surface area contributed by atoms with E-state index in [2.05, 4.69) is 69.5 Å². The summed E-state index contributed by atoms with van der Waals surface area (Å²) in [6, 6.07) is 25.9. The number of benzene rings is 3. The van der Waals surface area contributed by atoms with Crippen LogP contribution >= 0.6 is 11.6 Å². The van der Waals surface area contributed by atoms with Crippen LogP contribution in [-0.4, -0.2) is 58.5 Å². The minimum absolute atomic E-state index is 0.00607. The predicted molar refractivity (Wildman–Crippen MR) is 164 cm³/mol. The smallest absolute Gasteiger partial charge is 0.324 e. The molecule has 6 nitrogen and oxygen atoms in total. The van der Waals surface area contributed by atoms with Crippen LogP contribution in [0.3, 0.4) is 0 Å². The molecule has 0 saturated carbocycles. The van der Waals surface area contributed by atoms with Crippen molar-refractivity contribution in [1.29, 1.82) is 0 Å². The van der Waals surface area contributed by atoms with Crippen molar-refractivity contribution in [2.75, 3.05) is 26.2 Å². The van der Waals surface area contributed by atoms with Gasteiger partial charge in [0.1, 0.15) is 6.04 Å². The number of rotatable bonds is 9. The molecule has 4 aromatic rings. The van der Waals surface area contributed by atoms with Gasteiger partial charge in [0.25, 0.3) is 5.91 Å². The topological polar surface area (TPSA) is 57.6 Å². The minimum atomic E-state index is -0.565. The number of halogens is 1. The van der Waals surface area contributed by atoms with E-state index in [1.54, 1.807) is 0 Å². The maximum Gasteiger partial charge on any atom is 0.324 e. The summed E-state index contributed by atoms with van der Waals surface area (Å²) in [5.74, 6) is 0.464. The number of nitrogens with zero attached hydrogens (tertiary/aromatic N) is 3. The molecule has 0 spiro atoms. The molecule has 3 aromatic carbocycles. The monoisotopic (exact) mass is 568 g/mol. The molecule has 1 N–H and O–H groups in total. The number of hydrogen-bond acceptors (Lipinski definition) is 3. The molecule has 2 aliphatic rings. The van der Waals surface area contributed by atoms with E-state index in [1.165, 1.54) is 10.5 Å². The second-order valence-electron chi connectivity index (χ2n) is 11.5. The highest BCUT2D eigenvalue weighted by molar-refractivity contribution is 6.30. The van der Waals surface area contributed by atoms with E-state index < -0.39 is 6.04 Å². The van der Waals surface area contributed by atoms with Crippen molar-refractivity contribution in [3.8, 4) is 0 Å². The second kappa shape index (κ2) is 12.1. The van der Waals surface area contributed by atoms with E-state index in [0.29, 0.717) is 23.9 Å². The summed E-state index contributed by atoms with van der Waals surface area (Å²) in [5.41, 5.74) is 4.68. The average molecular weight is 569 g/mol. The molecule has 41 heavy (non-hydrogen) atoms. The van der Waals surface area contributed by atoms with Crippen molar-refractivity contribution in [3.05, 3.63) is 107 Å². The molecular weight excluding hydrogens is 532 g/mol. The number of para-hydroxylation sites is 1. The Morgan fingerprint density at radius 3 is 2.49 bits per heavy atom. The Morgan fingerprint density at radius 1 is 0.951 bits per heavy atom. The first kappa shape index (κ1) is 27.6. The maximum atomic E-state index is 13.6. The molecule has 6 rings (SSSR count). The van der Waals surface area contributed by atoms with E-state index >= 15 is 0 Å². The fourth-order valence-corrected chi connectivity index (χ4v) is 6.79. The quantitative estimate of drug-likeness (QED) is 0.239. The zero-order valence-corrected chi connectivity index (χ0v) is 24.3. The molecule has 2 atom stereocenters. The van der Waals surface area contributed by atoms with Gasteiger partial charge < -0.3 is 14.8 Å². The van der Waals surface area contributed by atoms with Gasteiger partial charge in [-0.15, -0.1) is 0 Å². The Bertz CT molecular complexity index is 1530. The van der Waals surface area contributed by atoms with Crippen LogP contribution < -0.4 is 5.32 Å². The van der Waals surface area contributed by atoms with Gasteiger partial charge >= 0.3 is 6.03 Å². The van der Waals surface area contributed by atoms with Crippen LogP contribution in [0.2, 0.25) is 5.02 Å². The number of likely N-dealkylation sites (tertiary alicyclic amines) is 1. The fourth-order valence-electron chi connectivity index (χ4n) is 6.59. The van der Waals surface area contributed by atoms with Crippen LogP contribution in [0.1, 0.15) is 47.8 Å². The summed E-state index contributed by atoms with van der Waals surface area (Å²) in [5, 5.41) is 4.74. The highest BCUT2D eigenvalue weighted by Gasteiger charge is 2.39. The van der Waals surface area contributed by atoms with Gasteiger partial charge in [-0.1, -0.05) is 72.3 Å². The van der Waals surface area contributed by atoms with Crippen LogP contribution in [0, 0.1) is 0 Å². The molecule has 1 unspecified atom stereocenters. The average Bonchev–Trinajstić information content (AvgIpc) is 3.45. The lowest BCUT2D eigenvalue weighted by Gasteiger charge is -2.33. The first-order valence-corrected chi connectivity index (χ1v) is 15.0. The first-order chi connectivity index (χ1) is 20.0. The number of nitrogens with one attached hydrogen (secondary N) is 1. The summed E-state index contributed by atoms with van der Waals surface area (Å²) >= 11 is 6.38. The number of aromatic nitrogens is 1. The van der Waals surface area contributed by atoms with Crippen LogP contribution in [0.15, 0.2) is 85.1 Å². The number of fused-ring (bicyclic) bond motifs is 1. The van der Waals surface area contributed by atoms with Crippen LogP contribution in [0.25, 0.3) is 10.9 Å². The van der Waals surface area contributed by atoms with Crippen molar-refractivity contribution >= 4 is 34.4 Å². The lowest BCUT2D eigenvalue weighted by molar-refractivity contribution is -0.127. The molecular formula is C34H37ClN4O2. The summed E-state index contributed by atoms with van der Waals surface area (Å²) < 4.78 is 2.07. The Hall–Kier alpha value is -3.61. The summed E-state index contributed by atoms with van der Waals surface area (Å²) in [6.07, 6.45) is 5.67. The Morgan fingerprint density at radius 2 is 1.71 bits per heavy atom. The van der Waals surface area contributed by atoms with Crippen molar-refractivity contribution in [2.24, 2.45) is 7.05 Å².